The highest BCUT2D eigenvalue weighted by Crippen LogP contribution is 2.58. The van der Waals surface area contributed by atoms with Crippen molar-refractivity contribution in [3.05, 3.63) is 39.8 Å². The lowest BCUT2D eigenvalue weighted by Gasteiger charge is -2.31. The minimum Gasteiger partial charge on any atom is -0.311 e. The molecule has 0 spiro atoms. The fourth-order valence-electron chi connectivity index (χ4n) is 2.28. The van der Waals surface area contributed by atoms with E-state index in [9.17, 15) is 4.57 Å². The summed E-state index contributed by atoms with van der Waals surface area (Å²) in [5, 5.41) is 0.0328. The van der Waals surface area contributed by atoms with E-state index >= 15 is 0 Å². The van der Waals surface area contributed by atoms with E-state index < -0.39 is 12.4 Å². The van der Waals surface area contributed by atoms with Gasteiger partial charge in [0.1, 0.15) is 0 Å². The first-order chi connectivity index (χ1) is 10.1. The zero-order valence-electron chi connectivity index (χ0n) is 15.9. The van der Waals surface area contributed by atoms with Crippen molar-refractivity contribution < 1.29 is 4.57 Å². The van der Waals surface area contributed by atoms with Crippen LogP contribution in [0.4, 0.5) is 0 Å². The Balaban J connectivity index is 3.83. The summed E-state index contributed by atoms with van der Waals surface area (Å²) in [7, 11) is -3.24. The zero-order chi connectivity index (χ0) is 18.3. The number of azide groups is 1. The first-order valence-corrected chi connectivity index (χ1v) is 9.62. The Kier molecular flexibility index (Phi) is 5.17. The third-order valence-electron chi connectivity index (χ3n) is 4.08. The normalized spacial score (nSPS) is 15.7. The highest BCUT2D eigenvalue weighted by Gasteiger charge is 2.39. The van der Waals surface area contributed by atoms with Gasteiger partial charge in [0.15, 0.2) is 0 Å². The van der Waals surface area contributed by atoms with Gasteiger partial charge >= 0.3 is 0 Å². The predicted octanol–water partition coefficient (Wildman–Crippen LogP) is 6.29. The molecule has 0 heterocycles. The Morgan fingerprint density at radius 1 is 0.870 bits per heavy atom. The summed E-state index contributed by atoms with van der Waals surface area (Å²) in [6.07, 6.45) is 0. The van der Waals surface area contributed by atoms with Crippen LogP contribution in [0.25, 0.3) is 10.4 Å². The highest BCUT2D eigenvalue weighted by molar-refractivity contribution is 7.71. The number of hydrogen-bond acceptors (Lipinski definition) is 1. The Labute approximate surface area is 140 Å². The van der Waals surface area contributed by atoms with Gasteiger partial charge in [0.2, 0.25) is 7.29 Å². The number of rotatable bonds is 2. The maximum Gasteiger partial charge on any atom is 0.206 e. The largest absolute Gasteiger partial charge is 0.311 e. The maximum absolute atomic E-state index is 13.6. The molecule has 1 rings (SSSR count). The molecule has 1 aromatic rings. The SMILES string of the molecule is CC(C)(C)c1cc(C(C)(C)C)cc(P(=O)(N=[N+]=[N-])C(C)(C)C)c1. The lowest BCUT2D eigenvalue weighted by Crippen LogP contribution is -2.26. The molecular weight excluding hydrogens is 305 g/mol. The van der Waals surface area contributed by atoms with Gasteiger partial charge in [-0.1, -0.05) is 68.4 Å². The number of hydrogen-bond donors (Lipinski definition) is 0. The van der Waals surface area contributed by atoms with Gasteiger partial charge in [-0.05, 0) is 44.5 Å². The van der Waals surface area contributed by atoms with E-state index in [1.165, 1.54) is 0 Å². The van der Waals surface area contributed by atoms with Crippen LogP contribution in [0.2, 0.25) is 0 Å². The summed E-state index contributed by atoms with van der Waals surface area (Å²) in [6.45, 7) is 18.4. The van der Waals surface area contributed by atoms with Crippen LogP contribution in [-0.2, 0) is 15.4 Å². The van der Waals surface area contributed by atoms with Gasteiger partial charge in [-0.25, -0.2) is 0 Å². The molecule has 128 valence electrons. The molecule has 0 bridgehead atoms. The third kappa shape index (κ3) is 4.19. The molecule has 0 aliphatic heterocycles. The molecule has 0 amide bonds. The average Bonchev–Trinajstić information content (AvgIpc) is 2.35. The van der Waals surface area contributed by atoms with E-state index in [1.807, 2.05) is 32.9 Å². The van der Waals surface area contributed by atoms with Crippen molar-refractivity contribution in [2.24, 2.45) is 4.88 Å². The van der Waals surface area contributed by atoms with E-state index in [4.69, 9.17) is 5.53 Å². The van der Waals surface area contributed by atoms with Crippen molar-refractivity contribution in [3.63, 3.8) is 0 Å². The molecule has 0 radical (unpaired) electrons. The summed E-state index contributed by atoms with van der Waals surface area (Å²) in [6, 6.07) is 6.08. The van der Waals surface area contributed by atoms with Gasteiger partial charge in [-0.2, -0.15) is 0 Å². The Morgan fingerprint density at radius 2 is 1.26 bits per heavy atom. The number of benzene rings is 1. The molecule has 0 aliphatic carbocycles. The Hall–Kier alpha value is -1.24. The first-order valence-electron chi connectivity index (χ1n) is 7.96. The molecule has 1 atom stereocenters. The van der Waals surface area contributed by atoms with Crippen molar-refractivity contribution in [2.45, 2.75) is 78.3 Å². The van der Waals surface area contributed by atoms with Crippen LogP contribution in [0, 0.1) is 0 Å². The quantitative estimate of drug-likeness (QED) is 0.271. The van der Waals surface area contributed by atoms with Gasteiger partial charge in [0.25, 0.3) is 0 Å². The predicted molar refractivity (Wildman–Crippen MR) is 100.0 cm³/mol. The second-order valence-electron chi connectivity index (χ2n) is 9.19. The van der Waals surface area contributed by atoms with E-state index in [1.54, 1.807) is 0 Å². The molecule has 4 nitrogen and oxygen atoms in total. The van der Waals surface area contributed by atoms with Gasteiger partial charge in [-0.3, -0.25) is 0 Å². The summed E-state index contributed by atoms with van der Waals surface area (Å²) < 4.78 is 13.6. The summed E-state index contributed by atoms with van der Waals surface area (Å²) in [5.41, 5.74) is 11.0. The second-order valence-corrected chi connectivity index (χ2v) is 12.4. The van der Waals surface area contributed by atoms with Gasteiger partial charge in [-0.15, -0.1) is 0 Å². The molecule has 0 saturated heterocycles. The van der Waals surface area contributed by atoms with Gasteiger partial charge in [0.05, 0.1) is 0 Å². The minimum absolute atomic E-state index is 0.0743. The molecule has 1 unspecified atom stereocenters. The second kappa shape index (κ2) is 6.00. The molecule has 0 aliphatic rings. The van der Waals surface area contributed by atoms with Crippen LogP contribution in [0.1, 0.15) is 73.4 Å². The minimum atomic E-state index is -3.24. The van der Waals surface area contributed by atoms with Crippen LogP contribution < -0.4 is 5.30 Å². The molecular formula is C18H30N3OP. The van der Waals surface area contributed by atoms with Crippen LogP contribution >= 0.6 is 7.29 Å². The lowest BCUT2D eigenvalue weighted by atomic mass is 9.81. The lowest BCUT2D eigenvalue weighted by molar-refractivity contribution is 0.555. The van der Waals surface area contributed by atoms with E-state index in [-0.39, 0.29) is 10.8 Å². The monoisotopic (exact) mass is 335 g/mol. The molecule has 0 aromatic heterocycles. The van der Waals surface area contributed by atoms with Crippen molar-refractivity contribution in [1.82, 2.24) is 0 Å². The fraction of sp³-hybridized carbons (Fsp3) is 0.667. The molecule has 1 aromatic carbocycles. The maximum atomic E-state index is 13.6. The average molecular weight is 335 g/mol. The van der Waals surface area contributed by atoms with Crippen LogP contribution in [0.3, 0.4) is 0 Å². The Morgan fingerprint density at radius 3 is 1.52 bits per heavy atom. The highest BCUT2D eigenvalue weighted by atomic mass is 31.2. The van der Waals surface area contributed by atoms with Crippen LogP contribution in [0.15, 0.2) is 23.1 Å². The smallest absolute Gasteiger partial charge is 0.206 e. The van der Waals surface area contributed by atoms with E-state index in [2.05, 4.69) is 57.4 Å². The van der Waals surface area contributed by atoms with Crippen molar-refractivity contribution in [1.29, 1.82) is 0 Å². The molecule has 5 heteroatoms. The van der Waals surface area contributed by atoms with Crippen molar-refractivity contribution in [2.75, 3.05) is 0 Å². The summed E-state index contributed by atoms with van der Waals surface area (Å²) >= 11 is 0. The molecule has 0 saturated carbocycles. The molecule has 0 fully saturated rings. The summed E-state index contributed by atoms with van der Waals surface area (Å²) in [4.78, 5) is 6.68. The van der Waals surface area contributed by atoms with Gasteiger partial charge in [0, 0.05) is 15.4 Å². The van der Waals surface area contributed by atoms with Crippen molar-refractivity contribution in [3.8, 4) is 0 Å². The zero-order valence-corrected chi connectivity index (χ0v) is 16.8. The molecule has 0 N–H and O–H groups in total. The number of nitrogens with zero attached hydrogens (tertiary/aromatic N) is 3. The molecule has 23 heavy (non-hydrogen) atoms. The Bertz CT molecular complexity index is 649. The summed E-state index contributed by atoms with van der Waals surface area (Å²) in [5.74, 6) is 0. The van der Waals surface area contributed by atoms with Crippen LogP contribution in [0.5, 0.6) is 0 Å². The topological polar surface area (TPSA) is 65.8 Å². The first kappa shape index (κ1) is 19.8. The standard InChI is InChI=1S/C18H30N3OP/c1-16(2,3)13-10-14(17(4,5)6)12-15(11-13)23(22,21-20-19)18(7,8)9/h10-12H,1-9H3. The van der Waals surface area contributed by atoms with E-state index in [0.717, 1.165) is 11.1 Å². The van der Waals surface area contributed by atoms with Crippen molar-refractivity contribution >= 4 is 12.6 Å². The van der Waals surface area contributed by atoms with E-state index in [0.29, 0.717) is 5.30 Å². The fourth-order valence-corrected chi connectivity index (χ4v) is 4.17. The van der Waals surface area contributed by atoms with Crippen LogP contribution in [-0.4, -0.2) is 5.16 Å². The third-order valence-corrected chi connectivity index (χ3v) is 7.18. The van der Waals surface area contributed by atoms with Gasteiger partial charge < -0.3 is 4.57 Å².